The van der Waals surface area contributed by atoms with Gasteiger partial charge in [-0.15, -0.1) is 0 Å². The first-order valence-corrected chi connectivity index (χ1v) is 6.56. The van der Waals surface area contributed by atoms with Gasteiger partial charge in [-0.3, -0.25) is 9.69 Å². The van der Waals surface area contributed by atoms with Gasteiger partial charge in [0.15, 0.2) is 0 Å². The van der Waals surface area contributed by atoms with Crippen LogP contribution >= 0.6 is 11.6 Å². The SMILES string of the molecule is COc1ccc(Cl)cc1[C@@H](C(=O)O)N(C)Cc1ccon1. The van der Waals surface area contributed by atoms with E-state index in [1.54, 1.807) is 36.2 Å². The minimum absolute atomic E-state index is 0.323. The number of nitrogens with zero attached hydrogens (tertiary/aromatic N) is 2. The highest BCUT2D eigenvalue weighted by atomic mass is 35.5. The predicted octanol–water partition coefficient (Wildman–Crippen LogP) is 2.59. The molecule has 2 rings (SSSR count). The average Bonchev–Trinajstić information content (AvgIpc) is 2.91. The average molecular weight is 311 g/mol. The van der Waals surface area contributed by atoms with Crippen LogP contribution in [0.1, 0.15) is 17.3 Å². The van der Waals surface area contributed by atoms with E-state index in [4.69, 9.17) is 20.9 Å². The Bertz CT molecular complexity index is 615. The van der Waals surface area contributed by atoms with E-state index in [0.717, 1.165) is 0 Å². The Morgan fingerprint density at radius 2 is 2.29 bits per heavy atom. The zero-order chi connectivity index (χ0) is 15.4. The van der Waals surface area contributed by atoms with Gasteiger partial charge in [0, 0.05) is 23.2 Å². The van der Waals surface area contributed by atoms with Gasteiger partial charge in [0.05, 0.1) is 12.8 Å². The third kappa shape index (κ3) is 3.53. The van der Waals surface area contributed by atoms with Crippen molar-refractivity contribution in [2.45, 2.75) is 12.6 Å². The van der Waals surface area contributed by atoms with Gasteiger partial charge in [0.2, 0.25) is 0 Å². The summed E-state index contributed by atoms with van der Waals surface area (Å²) in [6.45, 7) is 0.323. The number of methoxy groups -OCH3 is 1. The molecule has 0 spiro atoms. The fourth-order valence-corrected chi connectivity index (χ4v) is 2.32. The Hall–Kier alpha value is -2.05. The number of aliphatic carboxylic acids is 1. The standard InChI is InChI=1S/C14H15ClN2O4/c1-17(8-10-5-6-21-16-10)13(14(18)19)11-7-9(15)3-4-12(11)20-2/h3-7,13H,8H2,1-2H3,(H,18,19)/t13-/m0/s1. The molecule has 0 aliphatic rings. The first kappa shape index (κ1) is 15.3. The van der Waals surface area contributed by atoms with Crippen molar-refractivity contribution in [3.63, 3.8) is 0 Å². The number of carbonyl (C=O) groups is 1. The Labute approximate surface area is 126 Å². The molecule has 1 aromatic carbocycles. The largest absolute Gasteiger partial charge is 0.496 e. The van der Waals surface area contributed by atoms with Crippen LogP contribution in [-0.4, -0.2) is 35.3 Å². The Kier molecular flexibility index (Phi) is 4.82. The Morgan fingerprint density at radius 1 is 1.52 bits per heavy atom. The van der Waals surface area contributed by atoms with Crippen molar-refractivity contribution in [3.8, 4) is 5.75 Å². The van der Waals surface area contributed by atoms with E-state index in [0.29, 0.717) is 28.6 Å². The lowest BCUT2D eigenvalue weighted by Gasteiger charge is -2.25. The molecular formula is C14H15ClN2O4. The maximum absolute atomic E-state index is 11.7. The van der Waals surface area contributed by atoms with E-state index in [9.17, 15) is 9.90 Å². The van der Waals surface area contributed by atoms with Crippen molar-refractivity contribution in [2.75, 3.05) is 14.2 Å². The van der Waals surface area contributed by atoms with E-state index >= 15 is 0 Å². The minimum atomic E-state index is -0.999. The third-order valence-electron chi connectivity index (χ3n) is 3.06. The van der Waals surface area contributed by atoms with Gasteiger partial charge in [-0.2, -0.15) is 0 Å². The molecule has 0 aliphatic heterocycles. The van der Waals surface area contributed by atoms with E-state index < -0.39 is 12.0 Å². The summed E-state index contributed by atoms with van der Waals surface area (Å²) < 4.78 is 9.99. The summed E-state index contributed by atoms with van der Waals surface area (Å²) in [6.07, 6.45) is 1.44. The smallest absolute Gasteiger partial charge is 0.325 e. The number of rotatable bonds is 6. The van der Waals surface area contributed by atoms with Crippen LogP contribution in [0.15, 0.2) is 35.1 Å². The Morgan fingerprint density at radius 3 is 2.86 bits per heavy atom. The monoisotopic (exact) mass is 310 g/mol. The lowest BCUT2D eigenvalue weighted by Crippen LogP contribution is -2.31. The molecule has 0 saturated carbocycles. The molecule has 0 unspecified atom stereocenters. The van der Waals surface area contributed by atoms with Crippen molar-refractivity contribution < 1.29 is 19.2 Å². The zero-order valence-corrected chi connectivity index (χ0v) is 12.4. The Balaban J connectivity index is 2.34. The van der Waals surface area contributed by atoms with Crippen LogP contribution in [0.2, 0.25) is 5.02 Å². The molecule has 21 heavy (non-hydrogen) atoms. The van der Waals surface area contributed by atoms with Crippen LogP contribution in [0.4, 0.5) is 0 Å². The second-order valence-electron chi connectivity index (χ2n) is 4.53. The number of carboxylic acid groups (broad SMARTS) is 1. The van der Waals surface area contributed by atoms with Gasteiger partial charge < -0.3 is 14.4 Å². The second-order valence-corrected chi connectivity index (χ2v) is 4.97. The van der Waals surface area contributed by atoms with Crippen molar-refractivity contribution in [3.05, 3.63) is 46.8 Å². The van der Waals surface area contributed by atoms with Crippen LogP contribution in [0.3, 0.4) is 0 Å². The molecule has 0 radical (unpaired) electrons. The van der Waals surface area contributed by atoms with Gasteiger partial charge in [-0.1, -0.05) is 16.8 Å². The second kappa shape index (κ2) is 6.60. The number of aromatic nitrogens is 1. The number of likely N-dealkylation sites (N-methyl/N-ethyl adjacent to an activating group) is 1. The van der Waals surface area contributed by atoms with E-state index in [1.807, 2.05) is 0 Å². The maximum Gasteiger partial charge on any atom is 0.325 e. The zero-order valence-electron chi connectivity index (χ0n) is 11.6. The minimum Gasteiger partial charge on any atom is -0.496 e. The maximum atomic E-state index is 11.7. The fraction of sp³-hybridized carbons (Fsp3) is 0.286. The molecule has 6 nitrogen and oxygen atoms in total. The first-order valence-electron chi connectivity index (χ1n) is 6.18. The summed E-state index contributed by atoms with van der Waals surface area (Å²) in [5.41, 5.74) is 1.13. The first-order chi connectivity index (χ1) is 10.0. The molecule has 0 bridgehead atoms. The molecule has 0 saturated heterocycles. The van der Waals surface area contributed by atoms with Crippen LogP contribution in [0.5, 0.6) is 5.75 Å². The normalized spacial score (nSPS) is 12.4. The number of ether oxygens (including phenoxy) is 1. The highest BCUT2D eigenvalue weighted by Crippen LogP contribution is 2.32. The van der Waals surface area contributed by atoms with Crippen LogP contribution < -0.4 is 4.74 Å². The molecule has 1 atom stereocenters. The molecular weight excluding hydrogens is 296 g/mol. The number of halogens is 1. The number of carboxylic acids is 1. The summed E-state index contributed by atoms with van der Waals surface area (Å²) in [5.74, 6) is -0.527. The van der Waals surface area contributed by atoms with Gasteiger partial charge in [0.1, 0.15) is 18.1 Å². The molecule has 2 aromatic rings. The molecule has 112 valence electrons. The summed E-state index contributed by atoms with van der Waals surface area (Å²) in [7, 11) is 3.18. The molecule has 1 N–H and O–H groups in total. The highest BCUT2D eigenvalue weighted by molar-refractivity contribution is 6.30. The molecule has 0 amide bonds. The van der Waals surface area contributed by atoms with Crippen molar-refractivity contribution in [2.24, 2.45) is 0 Å². The highest BCUT2D eigenvalue weighted by Gasteiger charge is 2.28. The predicted molar refractivity (Wildman–Crippen MR) is 76.4 cm³/mol. The lowest BCUT2D eigenvalue weighted by molar-refractivity contribution is -0.143. The number of benzene rings is 1. The molecule has 1 aromatic heterocycles. The molecule has 0 fully saturated rings. The van der Waals surface area contributed by atoms with E-state index in [1.165, 1.54) is 13.4 Å². The van der Waals surface area contributed by atoms with Gasteiger partial charge in [-0.25, -0.2) is 0 Å². The van der Waals surface area contributed by atoms with Crippen molar-refractivity contribution >= 4 is 17.6 Å². The van der Waals surface area contributed by atoms with Crippen LogP contribution in [-0.2, 0) is 11.3 Å². The van der Waals surface area contributed by atoms with Crippen molar-refractivity contribution in [1.82, 2.24) is 10.1 Å². The molecule has 7 heteroatoms. The summed E-state index contributed by atoms with van der Waals surface area (Å²) in [4.78, 5) is 13.3. The third-order valence-corrected chi connectivity index (χ3v) is 3.30. The molecule has 0 aliphatic carbocycles. The van der Waals surface area contributed by atoms with Crippen LogP contribution in [0, 0.1) is 0 Å². The summed E-state index contributed by atoms with van der Waals surface area (Å²) in [6, 6.07) is 5.68. The topological polar surface area (TPSA) is 75.8 Å². The fourth-order valence-electron chi connectivity index (χ4n) is 2.14. The lowest BCUT2D eigenvalue weighted by atomic mass is 10.0. The van der Waals surface area contributed by atoms with E-state index in [2.05, 4.69) is 5.16 Å². The number of hydrogen-bond donors (Lipinski definition) is 1. The van der Waals surface area contributed by atoms with E-state index in [-0.39, 0.29) is 0 Å². The van der Waals surface area contributed by atoms with Gasteiger partial charge >= 0.3 is 5.97 Å². The van der Waals surface area contributed by atoms with Crippen LogP contribution in [0.25, 0.3) is 0 Å². The quantitative estimate of drug-likeness (QED) is 0.884. The number of hydrogen-bond acceptors (Lipinski definition) is 5. The van der Waals surface area contributed by atoms with Gasteiger partial charge in [0.25, 0.3) is 0 Å². The van der Waals surface area contributed by atoms with Crippen molar-refractivity contribution in [1.29, 1.82) is 0 Å². The molecule has 1 heterocycles. The summed E-state index contributed by atoms with van der Waals surface area (Å²) >= 11 is 5.98. The summed E-state index contributed by atoms with van der Waals surface area (Å²) in [5, 5.41) is 13.8. The van der Waals surface area contributed by atoms with Gasteiger partial charge in [-0.05, 0) is 25.2 Å².